The van der Waals surface area contributed by atoms with E-state index < -0.39 is 0 Å². The van der Waals surface area contributed by atoms with Gasteiger partial charge in [-0.05, 0) is 55.7 Å². The number of urea groups is 1. The minimum Gasteiger partial charge on any atom is -0.348 e. The monoisotopic (exact) mass is 524 g/mol. The van der Waals surface area contributed by atoms with Gasteiger partial charge in [0.15, 0.2) is 0 Å². The zero-order valence-electron chi connectivity index (χ0n) is 20.3. The molecule has 1 aliphatic carbocycles. The first-order valence-corrected chi connectivity index (χ1v) is 13.1. The van der Waals surface area contributed by atoms with Crippen molar-refractivity contribution in [2.45, 2.75) is 31.3 Å². The maximum Gasteiger partial charge on any atom is 0.331 e. The van der Waals surface area contributed by atoms with E-state index in [-0.39, 0.29) is 29.9 Å². The molecule has 2 aliphatic rings. The minimum atomic E-state index is -0.368. The Morgan fingerprint density at radius 1 is 1.05 bits per heavy atom. The van der Waals surface area contributed by atoms with Crippen molar-refractivity contribution in [3.8, 4) is 11.3 Å². The topological polar surface area (TPSA) is 116 Å². The largest absolute Gasteiger partial charge is 0.348 e. The number of hydrogen-bond acceptors (Lipinski definition) is 6. The van der Waals surface area contributed by atoms with Gasteiger partial charge in [-0.2, -0.15) is 0 Å². The van der Waals surface area contributed by atoms with Gasteiger partial charge in [0, 0.05) is 30.0 Å². The Labute approximate surface area is 222 Å². The molecule has 10 heteroatoms. The van der Waals surface area contributed by atoms with Crippen molar-refractivity contribution in [3.63, 3.8) is 0 Å². The Hall–Kier alpha value is -4.57. The van der Waals surface area contributed by atoms with Crippen molar-refractivity contribution in [2.24, 2.45) is 0 Å². The van der Waals surface area contributed by atoms with E-state index in [0.29, 0.717) is 32.2 Å². The molecule has 4 aromatic rings. The van der Waals surface area contributed by atoms with Crippen molar-refractivity contribution in [1.29, 1.82) is 0 Å². The average molecular weight is 525 g/mol. The predicted molar refractivity (Wildman–Crippen MR) is 148 cm³/mol. The average Bonchev–Trinajstić information content (AvgIpc) is 3.54. The van der Waals surface area contributed by atoms with Gasteiger partial charge in [0.05, 0.1) is 28.1 Å². The van der Waals surface area contributed by atoms with Gasteiger partial charge in [0.1, 0.15) is 9.71 Å². The summed E-state index contributed by atoms with van der Waals surface area (Å²) in [7, 11) is 0. The fourth-order valence-corrected chi connectivity index (χ4v) is 6.14. The third-order valence-corrected chi connectivity index (χ3v) is 7.96. The van der Waals surface area contributed by atoms with Gasteiger partial charge >= 0.3 is 6.03 Å². The molecule has 0 bridgehead atoms. The molecule has 4 heterocycles. The molecule has 1 fully saturated rings. The molecule has 1 aromatic carbocycles. The lowest BCUT2D eigenvalue weighted by atomic mass is 10.1. The van der Waals surface area contributed by atoms with Crippen LogP contribution in [-0.2, 0) is 4.79 Å². The molecule has 3 N–H and O–H groups in total. The van der Waals surface area contributed by atoms with Crippen LogP contribution in [0.3, 0.4) is 0 Å². The number of amides is 4. The smallest absolute Gasteiger partial charge is 0.331 e. The first-order valence-electron chi connectivity index (χ1n) is 12.3. The van der Waals surface area contributed by atoms with Gasteiger partial charge < -0.3 is 16.0 Å². The van der Waals surface area contributed by atoms with Crippen molar-refractivity contribution >= 4 is 56.5 Å². The second-order valence-corrected chi connectivity index (χ2v) is 10.2. The maximum atomic E-state index is 13.5. The van der Waals surface area contributed by atoms with Crippen LogP contribution in [0.4, 0.5) is 21.9 Å². The first kappa shape index (κ1) is 23.8. The molecule has 190 valence electrons. The van der Waals surface area contributed by atoms with Crippen LogP contribution in [-0.4, -0.2) is 39.9 Å². The summed E-state index contributed by atoms with van der Waals surface area (Å²) < 4.78 is 0. The SMILES string of the molecule is C=CC(=O)N[C@@H]1CCC[C@H]1NC(=O)c1sc2nccc3c2c1NC(=O)N3c1cccc(-c2ccccn2)c1. The Kier molecular flexibility index (Phi) is 6.09. The van der Waals surface area contributed by atoms with E-state index in [9.17, 15) is 14.4 Å². The molecule has 38 heavy (non-hydrogen) atoms. The summed E-state index contributed by atoms with van der Waals surface area (Å²) >= 11 is 1.23. The third-order valence-electron chi connectivity index (χ3n) is 6.86. The number of hydrogen-bond donors (Lipinski definition) is 3. The molecule has 0 spiro atoms. The molecule has 0 saturated heterocycles. The number of rotatable bonds is 6. The standard InChI is InChI=1S/C28H24N6O3S/c1-2-22(35)31-19-10-6-11-20(19)32-26(36)25-24-23-21(12-14-30-27(23)38-25)34(28(37)33-24)17-8-5-7-16(15-17)18-9-3-4-13-29-18/h2-5,7-9,12-15,19-20H,1,6,10-11H2,(H,31,35)(H,32,36)(H,33,37)/t19-,20-/m1/s1. The lowest BCUT2D eigenvalue weighted by Crippen LogP contribution is -2.48. The molecule has 1 aliphatic heterocycles. The Morgan fingerprint density at radius 3 is 2.68 bits per heavy atom. The summed E-state index contributed by atoms with van der Waals surface area (Å²) in [5, 5.41) is 9.61. The van der Waals surface area contributed by atoms with Crippen molar-refractivity contribution in [2.75, 3.05) is 10.2 Å². The molecule has 0 radical (unpaired) electrons. The summed E-state index contributed by atoms with van der Waals surface area (Å²) in [5.74, 6) is -0.564. The number of anilines is 3. The summed E-state index contributed by atoms with van der Waals surface area (Å²) in [6.07, 6.45) is 7.03. The highest BCUT2D eigenvalue weighted by atomic mass is 32.1. The van der Waals surface area contributed by atoms with Crippen LogP contribution in [0, 0.1) is 0 Å². The van der Waals surface area contributed by atoms with Gasteiger partial charge in [-0.25, -0.2) is 9.78 Å². The molecule has 2 atom stereocenters. The minimum absolute atomic E-state index is 0.166. The fraction of sp³-hybridized carbons (Fsp3) is 0.179. The molecule has 4 amide bonds. The van der Waals surface area contributed by atoms with Crippen molar-refractivity contribution in [3.05, 3.63) is 78.5 Å². The molecule has 9 nitrogen and oxygen atoms in total. The van der Waals surface area contributed by atoms with Crippen LogP contribution in [0.1, 0.15) is 28.9 Å². The predicted octanol–water partition coefficient (Wildman–Crippen LogP) is 5.00. The summed E-state index contributed by atoms with van der Waals surface area (Å²) in [5.41, 5.74) is 3.47. The van der Waals surface area contributed by atoms with Crippen LogP contribution < -0.4 is 20.9 Å². The van der Waals surface area contributed by atoms with Crippen LogP contribution >= 0.6 is 11.3 Å². The maximum absolute atomic E-state index is 13.5. The number of carbonyl (C=O) groups is 3. The van der Waals surface area contributed by atoms with Crippen molar-refractivity contribution < 1.29 is 14.4 Å². The second kappa shape index (κ2) is 9.71. The zero-order chi connectivity index (χ0) is 26.2. The van der Waals surface area contributed by atoms with Crippen molar-refractivity contribution in [1.82, 2.24) is 20.6 Å². The number of aromatic nitrogens is 2. The molecule has 1 saturated carbocycles. The zero-order valence-corrected chi connectivity index (χ0v) is 21.1. The number of benzene rings is 1. The molecular weight excluding hydrogens is 500 g/mol. The van der Waals surface area contributed by atoms with Crippen LogP contribution in [0.2, 0.25) is 0 Å². The Bertz CT molecular complexity index is 1580. The normalized spacial score (nSPS) is 18.2. The first-order chi connectivity index (χ1) is 18.5. The van der Waals surface area contributed by atoms with E-state index in [2.05, 4.69) is 32.5 Å². The van der Waals surface area contributed by atoms with Gasteiger partial charge in [0.25, 0.3) is 5.91 Å². The highest BCUT2D eigenvalue weighted by molar-refractivity contribution is 7.21. The molecular formula is C28H24N6O3S. The van der Waals surface area contributed by atoms with E-state index in [1.807, 2.05) is 42.5 Å². The lowest BCUT2D eigenvalue weighted by Gasteiger charge is -2.29. The van der Waals surface area contributed by atoms with E-state index >= 15 is 0 Å². The quantitative estimate of drug-likeness (QED) is 0.307. The van der Waals surface area contributed by atoms with Crippen LogP contribution in [0.15, 0.2) is 73.6 Å². The molecule has 3 aromatic heterocycles. The number of nitrogens with zero attached hydrogens (tertiary/aromatic N) is 3. The van der Waals surface area contributed by atoms with Gasteiger partial charge in [-0.1, -0.05) is 24.8 Å². The number of pyridine rings is 2. The van der Waals surface area contributed by atoms with Gasteiger partial charge in [-0.15, -0.1) is 11.3 Å². The summed E-state index contributed by atoms with van der Waals surface area (Å²) in [6, 6.07) is 14.3. The molecule has 6 rings (SSSR count). The van der Waals surface area contributed by atoms with Crippen LogP contribution in [0.25, 0.3) is 21.5 Å². The summed E-state index contributed by atoms with van der Waals surface area (Å²) in [4.78, 5) is 50.2. The third kappa shape index (κ3) is 4.18. The van der Waals surface area contributed by atoms with Crippen LogP contribution in [0.5, 0.6) is 0 Å². The number of thiophene rings is 1. The lowest BCUT2D eigenvalue weighted by molar-refractivity contribution is -0.117. The Morgan fingerprint density at radius 2 is 1.89 bits per heavy atom. The number of carbonyl (C=O) groups excluding carboxylic acids is 3. The Balaban J connectivity index is 1.34. The highest BCUT2D eigenvalue weighted by Gasteiger charge is 2.35. The van der Waals surface area contributed by atoms with E-state index in [4.69, 9.17) is 0 Å². The highest BCUT2D eigenvalue weighted by Crippen LogP contribution is 2.46. The number of nitrogens with one attached hydrogen (secondary N) is 3. The summed E-state index contributed by atoms with van der Waals surface area (Å²) in [6.45, 7) is 3.50. The van der Waals surface area contributed by atoms with Gasteiger partial charge in [-0.3, -0.25) is 19.5 Å². The molecule has 0 unspecified atom stereocenters. The second-order valence-electron chi connectivity index (χ2n) is 9.18. The van der Waals surface area contributed by atoms with E-state index in [1.165, 1.54) is 17.4 Å². The van der Waals surface area contributed by atoms with Gasteiger partial charge in [0.2, 0.25) is 5.91 Å². The van der Waals surface area contributed by atoms with E-state index in [0.717, 1.165) is 30.5 Å². The van der Waals surface area contributed by atoms with E-state index in [1.54, 1.807) is 23.4 Å². The fourth-order valence-electron chi connectivity index (χ4n) is 5.12.